The van der Waals surface area contributed by atoms with E-state index in [2.05, 4.69) is 41.6 Å². The van der Waals surface area contributed by atoms with E-state index in [4.69, 9.17) is 16.3 Å². The van der Waals surface area contributed by atoms with E-state index in [0.717, 1.165) is 102 Å². The Morgan fingerprint density at radius 3 is 2.23 bits per heavy atom. The number of carbonyl (C=O) groups is 4. The van der Waals surface area contributed by atoms with Gasteiger partial charge in [0.05, 0.1) is 16.7 Å². The van der Waals surface area contributed by atoms with Gasteiger partial charge in [0.1, 0.15) is 17.9 Å². The summed E-state index contributed by atoms with van der Waals surface area (Å²) in [5, 5.41) is 23.6. The van der Waals surface area contributed by atoms with Crippen molar-refractivity contribution in [2.75, 3.05) is 60.5 Å². The molecule has 3 aliphatic heterocycles. The Bertz CT molecular complexity index is 2230. The minimum atomic E-state index is -0.700. The molecule has 1 aromatic heterocycles. The first kappa shape index (κ1) is 41.7. The number of nitrogens with one attached hydrogen (secondary N) is 2. The molecule has 0 radical (unpaired) electrons. The molecule has 2 N–H and O–H groups in total. The van der Waals surface area contributed by atoms with Crippen molar-refractivity contribution in [2.45, 2.75) is 69.6 Å². The van der Waals surface area contributed by atoms with Crippen LogP contribution in [0.3, 0.4) is 0 Å². The number of hydrogen-bond donors (Lipinski definition) is 2. The second kappa shape index (κ2) is 19.1. The summed E-state index contributed by atoms with van der Waals surface area (Å²) in [6.07, 6.45) is 5.67. The summed E-state index contributed by atoms with van der Waals surface area (Å²) < 4.78 is 6.23. The number of aromatic nitrogens is 2. The van der Waals surface area contributed by atoms with Crippen LogP contribution in [0.15, 0.2) is 84.9 Å². The van der Waals surface area contributed by atoms with Crippen molar-refractivity contribution in [2.24, 2.45) is 5.92 Å². The van der Waals surface area contributed by atoms with E-state index >= 15 is 0 Å². The smallest absolute Gasteiger partial charge is 0.279 e. The lowest BCUT2D eigenvalue weighted by molar-refractivity contribution is -0.134. The van der Waals surface area contributed by atoms with Gasteiger partial charge in [-0.15, -0.1) is 10.2 Å². The third-order valence-corrected chi connectivity index (χ3v) is 12.7. The van der Waals surface area contributed by atoms with Gasteiger partial charge in [0.15, 0.2) is 11.5 Å². The summed E-state index contributed by atoms with van der Waals surface area (Å²) in [5.41, 5.74) is 3.11. The number of hydrogen-bond acceptors (Lipinski definition) is 11. The molecule has 1 aliphatic carbocycles. The molecular weight excluding hydrogens is 794 g/mol. The fourth-order valence-corrected chi connectivity index (χ4v) is 9.10. The molecule has 4 heterocycles. The average molecular weight is 844 g/mol. The number of amides is 4. The van der Waals surface area contributed by atoms with Gasteiger partial charge < -0.3 is 24.8 Å². The minimum absolute atomic E-state index is 0.0170. The van der Waals surface area contributed by atoms with Crippen LogP contribution >= 0.6 is 11.6 Å². The molecular formula is C46H50ClN9O5. The maximum atomic E-state index is 14.1. The number of nitrogens with zero attached hydrogens (tertiary/aromatic N) is 7. The Labute approximate surface area is 360 Å². The van der Waals surface area contributed by atoms with Crippen LogP contribution in [-0.4, -0.2) is 103 Å². The van der Waals surface area contributed by atoms with Crippen LogP contribution in [0.5, 0.6) is 5.75 Å². The van der Waals surface area contributed by atoms with Crippen LogP contribution in [0.4, 0.5) is 17.2 Å². The number of piperidine rings is 2. The molecule has 61 heavy (non-hydrogen) atoms. The van der Waals surface area contributed by atoms with Gasteiger partial charge in [-0.25, -0.2) is 0 Å². The summed E-state index contributed by atoms with van der Waals surface area (Å²) in [6, 6.07) is 27.4. The molecule has 14 nitrogen and oxygen atoms in total. The van der Waals surface area contributed by atoms with Crippen molar-refractivity contribution in [1.29, 1.82) is 5.26 Å². The van der Waals surface area contributed by atoms with Crippen molar-refractivity contribution in [3.63, 3.8) is 0 Å². The Balaban J connectivity index is 0.789. The summed E-state index contributed by atoms with van der Waals surface area (Å²) >= 11 is 6.23. The predicted molar refractivity (Wildman–Crippen MR) is 232 cm³/mol. The van der Waals surface area contributed by atoms with Crippen LogP contribution in [-0.2, 0) is 9.59 Å². The third-order valence-electron chi connectivity index (χ3n) is 12.4. The number of carbonyl (C=O) groups excluding carboxylic acids is 4. The van der Waals surface area contributed by atoms with Crippen molar-refractivity contribution in [1.82, 2.24) is 25.7 Å². The number of halogens is 1. The number of anilines is 3. The van der Waals surface area contributed by atoms with Gasteiger partial charge in [-0.05, 0) is 112 Å². The molecule has 4 aromatic rings. The fourth-order valence-electron chi connectivity index (χ4n) is 8.88. The number of rotatable bonds is 11. The average Bonchev–Trinajstić information content (AvgIpc) is 3.29. The first-order valence-corrected chi connectivity index (χ1v) is 21.6. The molecule has 15 heteroatoms. The number of piperazine rings is 1. The number of para-hydroxylation sites is 1. The van der Waals surface area contributed by atoms with Gasteiger partial charge in [-0.2, -0.15) is 5.26 Å². The van der Waals surface area contributed by atoms with Gasteiger partial charge in [-0.1, -0.05) is 29.8 Å². The minimum Gasteiger partial charge on any atom is -0.490 e. The number of nitriles is 1. The van der Waals surface area contributed by atoms with Crippen LogP contribution in [0.2, 0.25) is 5.02 Å². The topological polar surface area (TPSA) is 164 Å². The third kappa shape index (κ3) is 10.1. The molecule has 1 unspecified atom stereocenters. The lowest BCUT2D eigenvalue weighted by Crippen LogP contribution is -2.52. The molecule has 8 rings (SSSR count). The molecule has 4 amide bonds. The van der Waals surface area contributed by atoms with Crippen LogP contribution < -0.4 is 30.1 Å². The molecule has 3 aromatic carbocycles. The van der Waals surface area contributed by atoms with E-state index in [-0.39, 0.29) is 36.3 Å². The normalized spacial score (nSPS) is 21.3. The maximum Gasteiger partial charge on any atom is 0.279 e. The van der Waals surface area contributed by atoms with Crippen molar-refractivity contribution < 1.29 is 23.9 Å². The summed E-state index contributed by atoms with van der Waals surface area (Å²) in [6.45, 7) is 6.53. The quantitative estimate of drug-likeness (QED) is 0.181. The second-order valence-corrected chi connectivity index (χ2v) is 16.7. The Morgan fingerprint density at radius 2 is 1.57 bits per heavy atom. The largest absolute Gasteiger partial charge is 0.490 e. The molecule has 316 valence electrons. The van der Waals surface area contributed by atoms with Gasteiger partial charge in [-0.3, -0.25) is 29.4 Å². The summed E-state index contributed by atoms with van der Waals surface area (Å²) in [7, 11) is 0. The lowest BCUT2D eigenvalue weighted by atomic mass is 9.91. The Hall–Kier alpha value is -6.04. The second-order valence-electron chi connectivity index (χ2n) is 16.3. The first-order chi connectivity index (χ1) is 29.7. The molecule has 1 atom stereocenters. The fraction of sp³-hybridized carbons (Fsp3) is 0.413. The zero-order chi connectivity index (χ0) is 42.3. The standard InChI is InChI=1S/C46H50ClN9O5/c47-39-28-38(13-8-33(39)29-48)61-37-14-11-36(12-15-37)56(35-4-2-1-3-5-35)46(60)41-16-18-42(52-51-41)55-22-20-31(21-23-55)30-53-24-26-54(27-25-53)34-9-6-32(7-10-34)44(58)49-40-17-19-43(57)50-45(40)59/h1-10,13,16,18,28,31,36-37,40H,11-12,14-15,17,19-27,30H2,(H,49,58)(H,50,57,59). The molecule has 4 fully saturated rings. The first-order valence-electron chi connectivity index (χ1n) is 21.3. The molecule has 4 aliphatic rings. The highest BCUT2D eigenvalue weighted by atomic mass is 35.5. The van der Waals surface area contributed by atoms with Gasteiger partial charge in [0, 0.05) is 81.3 Å². The molecule has 0 spiro atoms. The SMILES string of the molecule is N#Cc1ccc(OC2CCC(N(C(=O)c3ccc(N4CCC(CN5CCN(c6ccc(C(=O)NC7CCC(=O)NC7=O)cc6)CC5)CC4)nn3)c3ccccc3)CC2)cc1Cl. The van der Waals surface area contributed by atoms with Crippen molar-refractivity contribution in [3.8, 4) is 11.8 Å². The number of imide groups is 1. The predicted octanol–water partition coefficient (Wildman–Crippen LogP) is 5.61. The highest BCUT2D eigenvalue weighted by molar-refractivity contribution is 6.31. The van der Waals surface area contributed by atoms with Crippen molar-refractivity contribution in [3.05, 3.63) is 107 Å². The number of benzene rings is 3. The van der Waals surface area contributed by atoms with E-state index in [1.165, 1.54) is 0 Å². The van der Waals surface area contributed by atoms with E-state index in [0.29, 0.717) is 39.9 Å². The van der Waals surface area contributed by atoms with Gasteiger partial charge in [0.25, 0.3) is 11.8 Å². The highest BCUT2D eigenvalue weighted by Gasteiger charge is 2.33. The van der Waals surface area contributed by atoms with Crippen molar-refractivity contribution >= 4 is 52.4 Å². The Morgan fingerprint density at radius 1 is 0.836 bits per heavy atom. The monoisotopic (exact) mass is 843 g/mol. The Kier molecular flexibility index (Phi) is 13.1. The summed E-state index contributed by atoms with van der Waals surface area (Å²) in [5.74, 6) is 0.744. The van der Waals surface area contributed by atoms with Crippen LogP contribution in [0, 0.1) is 17.2 Å². The molecule has 3 saturated heterocycles. The molecule has 1 saturated carbocycles. The van der Waals surface area contributed by atoms with E-state index in [1.807, 2.05) is 53.4 Å². The molecule has 0 bridgehead atoms. The van der Waals surface area contributed by atoms with Crippen LogP contribution in [0.1, 0.15) is 77.8 Å². The van der Waals surface area contributed by atoms with Gasteiger partial charge >= 0.3 is 0 Å². The van der Waals surface area contributed by atoms with Crippen LogP contribution in [0.25, 0.3) is 0 Å². The van der Waals surface area contributed by atoms with E-state index in [9.17, 15) is 24.4 Å². The zero-order valence-corrected chi connectivity index (χ0v) is 34.8. The van der Waals surface area contributed by atoms with E-state index < -0.39 is 11.9 Å². The maximum absolute atomic E-state index is 14.1. The summed E-state index contributed by atoms with van der Waals surface area (Å²) in [4.78, 5) is 59.4. The number of ether oxygens (including phenoxy) is 1. The lowest BCUT2D eigenvalue weighted by Gasteiger charge is -2.39. The zero-order valence-electron chi connectivity index (χ0n) is 34.0. The van der Waals surface area contributed by atoms with E-state index in [1.54, 1.807) is 36.4 Å². The highest BCUT2D eigenvalue weighted by Crippen LogP contribution is 2.32. The van der Waals surface area contributed by atoms with Gasteiger partial charge in [0.2, 0.25) is 11.8 Å².